The predicted molar refractivity (Wildman–Crippen MR) is 127 cm³/mol. The smallest absolute Gasteiger partial charge is 0.257 e. The summed E-state index contributed by atoms with van der Waals surface area (Å²) in [5, 5.41) is 9.49. The molecule has 1 amide bonds. The Balaban J connectivity index is 1.43. The normalized spacial score (nSPS) is 17.8. The van der Waals surface area contributed by atoms with Crippen LogP contribution in [0, 0.1) is 0 Å². The molecule has 0 radical (unpaired) electrons. The van der Waals surface area contributed by atoms with Gasteiger partial charge in [-0.15, -0.1) is 0 Å². The van der Waals surface area contributed by atoms with E-state index in [0.29, 0.717) is 12.5 Å². The Bertz CT molecular complexity index is 1320. The van der Waals surface area contributed by atoms with Crippen molar-refractivity contribution in [2.24, 2.45) is 7.05 Å². The summed E-state index contributed by atoms with van der Waals surface area (Å²) in [6.45, 7) is 2.77. The van der Waals surface area contributed by atoms with Gasteiger partial charge in [0.2, 0.25) is 0 Å². The first kappa shape index (κ1) is 20.0. The number of hydrogen-bond donors (Lipinski definition) is 0. The number of aromatic nitrogens is 4. The van der Waals surface area contributed by atoms with Crippen LogP contribution in [0.3, 0.4) is 0 Å². The molecule has 2 aliphatic rings. The monoisotopic (exact) mass is 437 g/mol. The third-order valence-corrected chi connectivity index (χ3v) is 6.97. The van der Waals surface area contributed by atoms with Crippen molar-refractivity contribution in [2.75, 3.05) is 6.54 Å². The van der Waals surface area contributed by atoms with Crippen LogP contribution in [0.15, 0.2) is 66.9 Å². The fourth-order valence-electron chi connectivity index (χ4n) is 5.16. The molecule has 1 saturated carbocycles. The molecule has 6 heteroatoms. The van der Waals surface area contributed by atoms with E-state index >= 15 is 0 Å². The van der Waals surface area contributed by atoms with Gasteiger partial charge in [0.05, 0.1) is 40.6 Å². The fraction of sp³-hybridized carbons (Fsp3) is 0.296. The number of benzene rings is 2. The summed E-state index contributed by atoms with van der Waals surface area (Å²) in [6, 6.07) is 20.6. The van der Waals surface area contributed by atoms with Gasteiger partial charge in [0, 0.05) is 30.6 Å². The lowest BCUT2D eigenvalue weighted by atomic mass is 9.95. The summed E-state index contributed by atoms with van der Waals surface area (Å²) in [5.74, 6) is 0.535. The van der Waals surface area contributed by atoms with E-state index in [2.05, 4.69) is 48.4 Å². The van der Waals surface area contributed by atoms with Crippen molar-refractivity contribution >= 4 is 5.91 Å². The lowest BCUT2D eigenvalue weighted by molar-refractivity contribution is 0.0672. The topological polar surface area (TPSA) is 56.0 Å². The van der Waals surface area contributed by atoms with E-state index in [0.717, 1.165) is 53.2 Å². The number of carbonyl (C=O) groups excluding carboxylic acids is 1. The Labute approximate surface area is 193 Å². The maximum atomic E-state index is 13.7. The number of amides is 1. The first-order chi connectivity index (χ1) is 16.1. The van der Waals surface area contributed by atoms with Crippen molar-refractivity contribution in [3.8, 4) is 16.9 Å². The van der Waals surface area contributed by atoms with Crippen LogP contribution in [0.4, 0.5) is 0 Å². The molecule has 2 aromatic carbocycles. The first-order valence-electron chi connectivity index (χ1n) is 11.7. The average Bonchev–Trinajstić information content (AvgIpc) is 3.49. The summed E-state index contributed by atoms with van der Waals surface area (Å²) >= 11 is 0. The second-order valence-corrected chi connectivity index (χ2v) is 9.09. The minimum atomic E-state index is -0.110. The van der Waals surface area contributed by atoms with Gasteiger partial charge in [-0.1, -0.05) is 48.5 Å². The van der Waals surface area contributed by atoms with Gasteiger partial charge in [-0.05, 0) is 38.3 Å². The van der Waals surface area contributed by atoms with Crippen LogP contribution >= 0.6 is 0 Å². The van der Waals surface area contributed by atoms with Gasteiger partial charge in [-0.25, -0.2) is 4.68 Å². The molecule has 0 saturated heterocycles. The van der Waals surface area contributed by atoms with Gasteiger partial charge in [0.25, 0.3) is 5.91 Å². The molecule has 0 unspecified atom stereocenters. The van der Waals surface area contributed by atoms with Crippen LogP contribution in [-0.4, -0.2) is 36.9 Å². The van der Waals surface area contributed by atoms with Crippen molar-refractivity contribution in [2.45, 2.75) is 38.1 Å². The molecule has 1 aliphatic heterocycles. The molecule has 166 valence electrons. The zero-order valence-electron chi connectivity index (χ0n) is 19.0. The molecule has 6 nitrogen and oxygen atoms in total. The van der Waals surface area contributed by atoms with Gasteiger partial charge >= 0.3 is 0 Å². The Hall–Kier alpha value is -3.67. The van der Waals surface area contributed by atoms with Gasteiger partial charge in [0.15, 0.2) is 0 Å². The molecule has 2 aromatic heterocycles. The highest BCUT2D eigenvalue weighted by atomic mass is 16.2. The Kier molecular flexibility index (Phi) is 4.68. The molecule has 6 rings (SSSR count). The van der Waals surface area contributed by atoms with Gasteiger partial charge in [0.1, 0.15) is 0 Å². The zero-order chi connectivity index (χ0) is 22.5. The Morgan fingerprint density at radius 2 is 1.70 bits per heavy atom. The summed E-state index contributed by atoms with van der Waals surface area (Å²) < 4.78 is 3.92. The van der Waals surface area contributed by atoms with Gasteiger partial charge in [-0.2, -0.15) is 10.2 Å². The number of fused-ring (bicyclic) bond motifs is 1. The summed E-state index contributed by atoms with van der Waals surface area (Å²) in [6.07, 6.45) is 4.81. The molecule has 3 heterocycles. The van der Waals surface area contributed by atoms with E-state index in [1.54, 1.807) is 6.20 Å². The van der Waals surface area contributed by atoms with Crippen molar-refractivity contribution in [3.63, 3.8) is 0 Å². The molecule has 1 atom stereocenters. The van der Waals surface area contributed by atoms with Crippen molar-refractivity contribution in [1.29, 1.82) is 0 Å². The van der Waals surface area contributed by atoms with Crippen LogP contribution in [0.2, 0.25) is 0 Å². The lowest BCUT2D eigenvalue weighted by Crippen LogP contribution is -2.39. The highest BCUT2D eigenvalue weighted by molar-refractivity contribution is 5.96. The molecule has 1 fully saturated rings. The molecule has 0 spiro atoms. The van der Waals surface area contributed by atoms with E-state index in [4.69, 9.17) is 5.10 Å². The second kappa shape index (κ2) is 7.73. The second-order valence-electron chi connectivity index (χ2n) is 9.09. The van der Waals surface area contributed by atoms with Crippen LogP contribution < -0.4 is 0 Å². The van der Waals surface area contributed by atoms with Crippen molar-refractivity contribution in [1.82, 2.24) is 24.5 Å². The molecule has 0 bridgehead atoms. The standard InChI is InChI=1S/C27H27N5O/c1-18-24-22(15-16-31(18)27(33)23-17-28-30(2)25(23)20-13-14-20)26(19-9-5-3-6-10-19)32(29-24)21-11-7-4-8-12-21/h3-12,17-18,20H,13-16H2,1-2H3/t18-/m0/s1. The van der Waals surface area contributed by atoms with E-state index in [1.165, 1.54) is 5.56 Å². The number of carbonyl (C=O) groups is 1. The highest BCUT2D eigenvalue weighted by Gasteiger charge is 2.37. The van der Waals surface area contributed by atoms with Crippen molar-refractivity contribution in [3.05, 3.63) is 89.4 Å². The molecule has 0 N–H and O–H groups in total. The van der Waals surface area contributed by atoms with Gasteiger partial charge < -0.3 is 4.90 Å². The molecule has 4 aromatic rings. The van der Waals surface area contributed by atoms with Crippen LogP contribution in [0.25, 0.3) is 16.9 Å². The van der Waals surface area contributed by atoms with Crippen molar-refractivity contribution < 1.29 is 4.79 Å². The first-order valence-corrected chi connectivity index (χ1v) is 11.7. The SMILES string of the molecule is C[C@H]1c2nn(-c3ccccc3)c(-c3ccccc3)c2CCN1C(=O)c1cnn(C)c1C1CC1. The minimum absolute atomic E-state index is 0.0682. The van der Waals surface area contributed by atoms with Crippen LogP contribution in [0.1, 0.15) is 59.0 Å². The maximum Gasteiger partial charge on any atom is 0.257 e. The predicted octanol–water partition coefficient (Wildman–Crippen LogP) is 4.91. The maximum absolute atomic E-state index is 13.7. The number of para-hydroxylation sites is 1. The largest absolute Gasteiger partial charge is 0.330 e. The molecule has 33 heavy (non-hydrogen) atoms. The molecular weight excluding hydrogens is 410 g/mol. The quantitative estimate of drug-likeness (QED) is 0.456. The molecule has 1 aliphatic carbocycles. The highest BCUT2D eigenvalue weighted by Crippen LogP contribution is 2.43. The molecular formula is C27H27N5O. The van der Waals surface area contributed by atoms with E-state index in [-0.39, 0.29) is 11.9 Å². The van der Waals surface area contributed by atoms with Crippen LogP contribution in [0.5, 0.6) is 0 Å². The number of hydrogen-bond acceptors (Lipinski definition) is 3. The summed E-state index contributed by atoms with van der Waals surface area (Å²) in [4.78, 5) is 15.6. The number of rotatable bonds is 4. The third-order valence-electron chi connectivity index (χ3n) is 6.97. The van der Waals surface area contributed by atoms with E-state index in [1.807, 2.05) is 45.6 Å². The summed E-state index contributed by atoms with van der Waals surface area (Å²) in [7, 11) is 1.94. The summed E-state index contributed by atoms with van der Waals surface area (Å²) in [5.41, 5.74) is 7.34. The zero-order valence-corrected chi connectivity index (χ0v) is 19.0. The Morgan fingerprint density at radius 3 is 2.39 bits per heavy atom. The van der Waals surface area contributed by atoms with E-state index in [9.17, 15) is 4.79 Å². The minimum Gasteiger partial charge on any atom is -0.330 e. The number of aryl methyl sites for hydroxylation is 1. The third kappa shape index (κ3) is 3.28. The van der Waals surface area contributed by atoms with Crippen LogP contribution in [-0.2, 0) is 13.5 Å². The lowest BCUT2D eigenvalue weighted by Gasteiger charge is -2.33. The fourth-order valence-corrected chi connectivity index (χ4v) is 5.16. The van der Waals surface area contributed by atoms with E-state index < -0.39 is 0 Å². The van der Waals surface area contributed by atoms with Gasteiger partial charge in [-0.3, -0.25) is 9.48 Å². The Morgan fingerprint density at radius 1 is 1.00 bits per heavy atom. The average molecular weight is 438 g/mol. The number of nitrogens with zero attached hydrogens (tertiary/aromatic N) is 5.